The van der Waals surface area contributed by atoms with Crippen molar-refractivity contribution in [3.05, 3.63) is 70.2 Å². The Hall–Kier alpha value is -2.37. The van der Waals surface area contributed by atoms with Gasteiger partial charge in [0.2, 0.25) is 0 Å². The molecule has 0 bridgehead atoms. The van der Waals surface area contributed by atoms with Crippen molar-refractivity contribution in [2.75, 3.05) is 19.7 Å². The zero-order chi connectivity index (χ0) is 19.2. The third-order valence-corrected chi connectivity index (χ3v) is 4.97. The highest BCUT2D eigenvalue weighted by molar-refractivity contribution is 6.33. The van der Waals surface area contributed by atoms with Gasteiger partial charge in [-0.2, -0.15) is 0 Å². The summed E-state index contributed by atoms with van der Waals surface area (Å²) in [4.78, 5) is 24.4. The number of halogens is 1. The second-order valence-electron chi connectivity index (χ2n) is 6.82. The van der Waals surface area contributed by atoms with E-state index in [1.165, 1.54) is 0 Å². The monoisotopic (exact) mass is 386 g/mol. The Kier molecular flexibility index (Phi) is 6.48. The van der Waals surface area contributed by atoms with E-state index in [0.717, 1.165) is 12.0 Å². The molecule has 0 spiro atoms. The molecule has 2 aromatic carbocycles. The van der Waals surface area contributed by atoms with Crippen LogP contribution < -0.4 is 10.6 Å². The Bertz CT molecular complexity index is 807. The summed E-state index contributed by atoms with van der Waals surface area (Å²) in [5.74, 6) is -0.0487. The lowest BCUT2D eigenvalue weighted by Crippen LogP contribution is -2.32. The van der Waals surface area contributed by atoms with Crippen LogP contribution in [-0.4, -0.2) is 37.6 Å². The Morgan fingerprint density at radius 2 is 1.74 bits per heavy atom. The fourth-order valence-corrected chi connectivity index (χ4v) is 3.28. The van der Waals surface area contributed by atoms with Crippen molar-refractivity contribution in [3.63, 3.8) is 0 Å². The number of benzene rings is 2. The van der Waals surface area contributed by atoms with Crippen LogP contribution in [0.3, 0.4) is 0 Å². The van der Waals surface area contributed by atoms with Crippen molar-refractivity contribution in [2.24, 2.45) is 5.92 Å². The molecule has 0 saturated carbocycles. The second-order valence-corrected chi connectivity index (χ2v) is 7.23. The van der Waals surface area contributed by atoms with Crippen LogP contribution in [0, 0.1) is 12.8 Å². The minimum atomic E-state index is -0.208. The van der Waals surface area contributed by atoms with E-state index in [1.807, 2.05) is 31.2 Å². The van der Waals surface area contributed by atoms with Crippen LogP contribution in [0.15, 0.2) is 48.5 Å². The topological polar surface area (TPSA) is 67.4 Å². The second kappa shape index (κ2) is 9.02. The molecule has 0 aliphatic carbocycles. The van der Waals surface area contributed by atoms with Crippen molar-refractivity contribution in [1.29, 1.82) is 0 Å². The molecule has 6 heteroatoms. The SMILES string of the molecule is Cc1ccc(C(=O)NCC2COC(CNC(=O)c3ccccc3Cl)C2)cc1. The zero-order valence-corrected chi connectivity index (χ0v) is 16.0. The molecule has 0 radical (unpaired) electrons. The molecule has 2 unspecified atom stereocenters. The fraction of sp³-hybridized carbons (Fsp3) is 0.333. The molecule has 1 fully saturated rings. The molecule has 2 aromatic rings. The lowest BCUT2D eigenvalue weighted by Gasteiger charge is -2.12. The summed E-state index contributed by atoms with van der Waals surface area (Å²) in [6, 6.07) is 14.4. The van der Waals surface area contributed by atoms with Gasteiger partial charge in [0, 0.05) is 24.6 Å². The summed E-state index contributed by atoms with van der Waals surface area (Å²) >= 11 is 6.04. The molecule has 3 rings (SSSR count). The Labute approximate surface area is 164 Å². The predicted molar refractivity (Wildman–Crippen MR) is 105 cm³/mol. The molecule has 0 aromatic heterocycles. The lowest BCUT2D eigenvalue weighted by molar-refractivity contribution is 0.0843. The third-order valence-electron chi connectivity index (χ3n) is 4.64. The number of rotatable bonds is 6. The average Bonchev–Trinajstić information content (AvgIpc) is 3.13. The number of hydrogen-bond donors (Lipinski definition) is 2. The van der Waals surface area contributed by atoms with Gasteiger partial charge in [-0.1, -0.05) is 41.4 Å². The number of aryl methyl sites for hydroxylation is 1. The molecule has 5 nitrogen and oxygen atoms in total. The van der Waals surface area contributed by atoms with Crippen LogP contribution in [0.4, 0.5) is 0 Å². The summed E-state index contributed by atoms with van der Waals surface area (Å²) in [7, 11) is 0. The van der Waals surface area contributed by atoms with Gasteiger partial charge >= 0.3 is 0 Å². The lowest BCUT2D eigenvalue weighted by atomic mass is 10.1. The summed E-state index contributed by atoms with van der Waals surface area (Å²) in [6.45, 7) is 3.54. The van der Waals surface area contributed by atoms with Gasteiger partial charge in [0.05, 0.1) is 23.3 Å². The van der Waals surface area contributed by atoms with Crippen LogP contribution in [0.2, 0.25) is 5.02 Å². The Morgan fingerprint density at radius 1 is 1.04 bits per heavy atom. The maximum atomic E-state index is 12.2. The Balaban J connectivity index is 1.41. The van der Waals surface area contributed by atoms with Gasteiger partial charge in [-0.05, 0) is 37.6 Å². The molecular formula is C21H23ClN2O3. The maximum Gasteiger partial charge on any atom is 0.252 e. The van der Waals surface area contributed by atoms with Crippen LogP contribution in [0.5, 0.6) is 0 Å². The zero-order valence-electron chi connectivity index (χ0n) is 15.2. The van der Waals surface area contributed by atoms with E-state index in [4.69, 9.17) is 16.3 Å². The number of amides is 2. The number of carbonyl (C=O) groups is 2. The molecule has 2 N–H and O–H groups in total. The molecule has 27 heavy (non-hydrogen) atoms. The highest BCUT2D eigenvalue weighted by Gasteiger charge is 2.26. The molecule has 2 amide bonds. The highest BCUT2D eigenvalue weighted by Crippen LogP contribution is 2.19. The van der Waals surface area contributed by atoms with Gasteiger partial charge in [0.25, 0.3) is 11.8 Å². The van der Waals surface area contributed by atoms with Crippen LogP contribution >= 0.6 is 11.6 Å². The number of ether oxygens (including phenoxy) is 1. The fourth-order valence-electron chi connectivity index (χ4n) is 3.06. The van der Waals surface area contributed by atoms with Gasteiger partial charge in [-0.25, -0.2) is 0 Å². The van der Waals surface area contributed by atoms with E-state index in [1.54, 1.807) is 24.3 Å². The maximum absolute atomic E-state index is 12.2. The molecule has 1 saturated heterocycles. The van der Waals surface area contributed by atoms with Gasteiger partial charge in [-0.3, -0.25) is 9.59 Å². The van der Waals surface area contributed by atoms with Crippen molar-refractivity contribution >= 4 is 23.4 Å². The normalized spacial score (nSPS) is 18.9. The molecule has 1 aliphatic heterocycles. The summed E-state index contributed by atoms with van der Waals surface area (Å²) in [6.07, 6.45) is 0.731. The first-order valence-corrected chi connectivity index (χ1v) is 9.40. The van der Waals surface area contributed by atoms with Gasteiger partial charge in [-0.15, -0.1) is 0 Å². The van der Waals surface area contributed by atoms with Gasteiger partial charge in [0.15, 0.2) is 0 Å². The van der Waals surface area contributed by atoms with Crippen molar-refractivity contribution in [1.82, 2.24) is 10.6 Å². The van der Waals surface area contributed by atoms with E-state index >= 15 is 0 Å². The molecule has 2 atom stereocenters. The largest absolute Gasteiger partial charge is 0.376 e. The van der Waals surface area contributed by atoms with E-state index in [-0.39, 0.29) is 23.8 Å². The molecular weight excluding hydrogens is 364 g/mol. The third kappa shape index (κ3) is 5.31. The first-order chi connectivity index (χ1) is 13.0. The predicted octanol–water partition coefficient (Wildman–Crippen LogP) is 3.21. The van der Waals surface area contributed by atoms with Crippen molar-refractivity contribution in [2.45, 2.75) is 19.4 Å². The standard InChI is InChI=1S/C21H23ClN2O3/c1-14-6-8-16(9-7-14)20(25)23-11-15-10-17(27-13-15)12-24-21(26)18-4-2-3-5-19(18)22/h2-9,15,17H,10-13H2,1H3,(H,23,25)(H,24,26). The van der Waals surface area contributed by atoms with E-state index in [9.17, 15) is 9.59 Å². The van der Waals surface area contributed by atoms with E-state index in [2.05, 4.69) is 10.6 Å². The van der Waals surface area contributed by atoms with Gasteiger partial charge in [0.1, 0.15) is 0 Å². The quantitative estimate of drug-likeness (QED) is 0.801. The van der Waals surface area contributed by atoms with Crippen molar-refractivity contribution < 1.29 is 14.3 Å². The highest BCUT2D eigenvalue weighted by atomic mass is 35.5. The minimum absolute atomic E-state index is 0.0577. The first kappa shape index (κ1) is 19.4. The molecule has 1 heterocycles. The minimum Gasteiger partial charge on any atom is -0.376 e. The van der Waals surface area contributed by atoms with E-state index < -0.39 is 0 Å². The number of hydrogen-bond acceptors (Lipinski definition) is 3. The van der Waals surface area contributed by atoms with Crippen molar-refractivity contribution in [3.8, 4) is 0 Å². The Morgan fingerprint density at radius 3 is 2.48 bits per heavy atom. The average molecular weight is 387 g/mol. The summed E-state index contributed by atoms with van der Waals surface area (Å²) in [5, 5.41) is 6.25. The smallest absolute Gasteiger partial charge is 0.252 e. The number of carbonyl (C=O) groups excluding carboxylic acids is 2. The van der Waals surface area contributed by atoms with E-state index in [0.29, 0.717) is 35.8 Å². The van der Waals surface area contributed by atoms with Crippen LogP contribution in [-0.2, 0) is 4.74 Å². The molecule has 1 aliphatic rings. The van der Waals surface area contributed by atoms with Crippen LogP contribution in [0.25, 0.3) is 0 Å². The first-order valence-electron chi connectivity index (χ1n) is 9.02. The van der Waals surface area contributed by atoms with Crippen LogP contribution in [0.1, 0.15) is 32.7 Å². The summed E-state index contributed by atoms with van der Waals surface area (Å²) < 4.78 is 5.74. The summed E-state index contributed by atoms with van der Waals surface area (Å²) in [5.41, 5.74) is 2.24. The molecule has 142 valence electrons. The number of nitrogens with one attached hydrogen (secondary N) is 2. The van der Waals surface area contributed by atoms with Gasteiger partial charge < -0.3 is 15.4 Å².